The number of carbonyl (C=O) groups excluding carboxylic acids is 1. The number of benzene rings is 1. The molecule has 1 saturated heterocycles. The summed E-state index contributed by atoms with van der Waals surface area (Å²) in [6, 6.07) is 7.20. The van der Waals surface area contributed by atoms with Gasteiger partial charge in [-0.25, -0.2) is 9.37 Å². The van der Waals surface area contributed by atoms with Gasteiger partial charge < -0.3 is 10.2 Å². The van der Waals surface area contributed by atoms with Crippen LogP contribution in [0.15, 0.2) is 36.5 Å². The van der Waals surface area contributed by atoms with Gasteiger partial charge in [0.15, 0.2) is 0 Å². The first-order chi connectivity index (χ1) is 11.9. The number of aromatic nitrogens is 1. The number of nitrogens with zero attached hydrogens (tertiary/aromatic N) is 3. The van der Waals surface area contributed by atoms with Crippen molar-refractivity contribution in [1.29, 1.82) is 0 Å². The van der Waals surface area contributed by atoms with E-state index in [-0.39, 0.29) is 17.4 Å². The number of aryl methyl sites for hydroxylation is 1. The third kappa shape index (κ3) is 3.73. The molecule has 0 spiro atoms. The molecular weight excluding hydrogens is 327 g/mol. The second-order valence-corrected chi connectivity index (χ2v) is 5.98. The second-order valence-electron chi connectivity index (χ2n) is 5.98. The highest BCUT2D eigenvalue weighted by molar-refractivity contribution is 5.86. The van der Waals surface area contributed by atoms with Crippen LogP contribution in [0.2, 0.25) is 0 Å². The number of rotatable bonds is 5. The number of pyridine rings is 1. The van der Waals surface area contributed by atoms with Crippen LogP contribution in [0.25, 0.3) is 0 Å². The predicted octanol–water partition coefficient (Wildman–Crippen LogP) is 2.65. The maximum Gasteiger partial charge on any atom is 0.290 e. The zero-order chi connectivity index (χ0) is 18.0. The molecule has 2 heterocycles. The summed E-state index contributed by atoms with van der Waals surface area (Å²) in [5.41, 5.74) is 1.29. The quantitative estimate of drug-likeness (QED) is 0.665. The molecule has 1 atom stereocenters. The molecule has 0 bridgehead atoms. The molecule has 2 aromatic rings. The minimum atomic E-state index is -0.489. The van der Waals surface area contributed by atoms with Crippen molar-refractivity contribution in [2.75, 3.05) is 11.9 Å². The molecule has 130 valence electrons. The minimum absolute atomic E-state index is 0.0544. The van der Waals surface area contributed by atoms with E-state index in [0.717, 1.165) is 5.56 Å². The average molecular weight is 344 g/mol. The number of nitro groups is 1. The molecule has 1 unspecified atom stereocenters. The highest BCUT2D eigenvalue weighted by atomic mass is 19.1. The Morgan fingerprint density at radius 1 is 1.40 bits per heavy atom. The van der Waals surface area contributed by atoms with Gasteiger partial charge in [-0.15, -0.1) is 0 Å². The SMILES string of the molecule is Cc1cc(NC2CCN(Cc3ccc(F)cc3)C2=O)ncc1[N+](=O)[O-]. The van der Waals surface area contributed by atoms with E-state index in [0.29, 0.717) is 30.9 Å². The van der Waals surface area contributed by atoms with Crippen molar-refractivity contribution in [3.8, 4) is 0 Å². The first-order valence-corrected chi connectivity index (χ1v) is 7.85. The summed E-state index contributed by atoms with van der Waals surface area (Å²) in [5.74, 6) is 0.0582. The van der Waals surface area contributed by atoms with Gasteiger partial charge in [-0.1, -0.05) is 12.1 Å². The maximum atomic E-state index is 13.0. The van der Waals surface area contributed by atoms with E-state index < -0.39 is 11.0 Å². The van der Waals surface area contributed by atoms with Crippen LogP contribution in [0.1, 0.15) is 17.5 Å². The van der Waals surface area contributed by atoms with Gasteiger partial charge in [0.1, 0.15) is 23.9 Å². The fourth-order valence-electron chi connectivity index (χ4n) is 2.84. The first kappa shape index (κ1) is 16.8. The van der Waals surface area contributed by atoms with Gasteiger partial charge in [0, 0.05) is 18.7 Å². The number of halogens is 1. The molecule has 1 aliphatic rings. The largest absolute Gasteiger partial charge is 0.358 e. The van der Waals surface area contributed by atoms with Gasteiger partial charge in [0.05, 0.1) is 4.92 Å². The molecule has 7 nitrogen and oxygen atoms in total. The van der Waals surface area contributed by atoms with E-state index in [1.807, 2.05) is 0 Å². The fourth-order valence-corrected chi connectivity index (χ4v) is 2.84. The minimum Gasteiger partial charge on any atom is -0.358 e. The lowest BCUT2D eigenvalue weighted by Crippen LogP contribution is -2.33. The van der Waals surface area contributed by atoms with Crippen LogP contribution in [-0.4, -0.2) is 33.3 Å². The third-order valence-electron chi connectivity index (χ3n) is 4.19. The Kier molecular flexibility index (Phi) is 4.60. The molecule has 0 saturated carbocycles. The van der Waals surface area contributed by atoms with E-state index >= 15 is 0 Å². The first-order valence-electron chi connectivity index (χ1n) is 7.85. The normalized spacial score (nSPS) is 17.0. The van der Waals surface area contributed by atoms with Crippen molar-refractivity contribution in [2.24, 2.45) is 0 Å². The zero-order valence-corrected chi connectivity index (χ0v) is 13.6. The van der Waals surface area contributed by atoms with E-state index in [4.69, 9.17) is 0 Å². The van der Waals surface area contributed by atoms with Crippen LogP contribution in [0.5, 0.6) is 0 Å². The van der Waals surface area contributed by atoms with E-state index in [9.17, 15) is 19.3 Å². The molecule has 0 radical (unpaired) electrons. The summed E-state index contributed by atoms with van der Waals surface area (Å²) in [6.45, 7) is 2.63. The zero-order valence-electron chi connectivity index (χ0n) is 13.6. The van der Waals surface area contributed by atoms with Gasteiger partial charge in [0.25, 0.3) is 5.69 Å². The molecule has 1 amide bonds. The van der Waals surface area contributed by atoms with Gasteiger partial charge >= 0.3 is 0 Å². The summed E-state index contributed by atoms with van der Waals surface area (Å²) in [4.78, 5) is 28.5. The third-order valence-corrected chi connectivity index (χ3v) is 4.19. The number of hydrogen-bond acceptors (Lipinski definition) is 5. The van der Waals surface area contributed by atoms with Gasteiger partial charge in [-0.3, -0.25) is 14.9 Å². The van der Waals surface area contributed by atoms with Crippen molar-refractivity contribution in [3.63, 3.8) is 0 Å². The van der Waals surface area contributed by atoms with Crippen LogP contribution < -0.4 is 5.32 Å². The van der Waals surface area contributed by atoms with Gasteiger partial charge in [0.2, 0.25) is 5.91 Å². The average Bonchev–Trinajstić information content (AvgIpc) is 2.90. The Morgan fingerprint density at radius 2 is 2.12 bits per heavy atom. The molecule has 0 aliphatic carbocycles. The second kappa shape index (κ2) is 6.84. The Bertz CT molecular complexity index is 810. The molecule has 1 N–H and O–H groups in total. The monoisotopic (exact) mass is 344 g/mol. The van der Waals surface area contributed by atoms with Crippen molar-refractivity contribution in [2.45, 2.75) is 25.9 Å². The lowest BCUT2D eigenvalue weighted by Gasteiger charge is -2.17. The standard InChI is InChI=1S/C17H17FN4O3/c1-11-8-16(19-9-15(11)22(24)25)20-14-6-7-21(17(14)23)10-12-2-4-13(18)5-3-12/h2-5,8-9,14H,6-7,10H2,1H3,(H,19,20). The number of anilines is 1. The molecule has 1 aliphatic heterocycles. The molecule has 1 aromatic carbocycles. The van der Waals surface area contributed by atoms with E-state index in [2.05, 4.69) is 10.3 Å². The number of amides is 1. The summed E-state index contributed by atoms with van der Waals surface area (Å²) >= 11 is 0. The van der Waals surface area contributed by atoms with Crippen LogP contribution in [0, 0.1) is 22.9 Å². The molecule has 1 fully saturated rings. The smallest absolute Gasteiger partial charge is 0.290 e. The fraction of sp³-hybridized carbons (Fsp3) is 0.294. The molecule has 3 rings (SSSR count). The number of hydrogen-bond donors (Lipinski definition) is 1. The highest BCUT2D eigenvalue weighted by Gasteiger charge is 2.31. The molecular formula is C17H17FN4O3. The summed E-state index contributed by atoms with van der Waals surface area (Å²) in [7, 11) is 0. The van der Waals surface area contributed by atoms with Gasteiger partial charge in [-0.05, 0) is 37.1 Å². The van der Waals surface area contributed by atoms with Crippen molar-refractivity contribution in [3.05, 3.63) is 63.6 Å². The predicted molar refractivity (Wildman–Crippen MR) is 89.5 cm³/mol. The lowest BCUT2D eigenvalue weighted by atomic mass is 10.2. The molecule has 1 aromatic heterocycles. The van der Waals surface area contributed by atoms with Gasteiger partial charge in [-0.2, -0.15) is 0 Å². The Balaban J connectivity index is 1.65. The molecule has 8 heteroatoms. The maximum absolute atomic E-state index is 13.0. The van der Waals surface area contributed by atoms with E-state index in [1.54, 1.807) is 30.0 Å². The van der Waals surface area contributed by atoms with Crippen molar-refractivity contribution < 1.29 is 14.1 Å². The Morgan fingerprint density at radius 3 is 2.76 bits per heavy atom. The van der Waals surface area contributed by atoms with Crippen LogP contribution in [0.4, 0.5) is 15.9 Å². The van der Waals surface area contributed by atoms with Crippen molar-refractivity contribution in [1.82, 2.24) is 9.88 Å². The van der Waals surface area contributed by atoms with Crippen LogP contribution in [-0.2, 0) is 11.3 Å². The Labute approximate surface area is 143 Å². The van der Waals surface area contributed by atoms with Crippen LogP contribution in [0.3, 0.4) is 0 Å². The van der Waals surface area contributed by atoms with Crippen LogP contribution >= 0.6 is 0 Å². The summed E-state index contributed by atoms with van der Waals surface area (Å²) in [6.07, 6.45) is 1.80. The number of likely N-dealkylation sites (tertiary alicyclic amines) is 1. The lowest BCUT2D eigenvalue weighted by molar-refractivity contribution is -0.385. The molecule has 25 heavy (non-hydrogen) atoms. The summed E-state index contributed by atoms with van der Waals surface area (Å²) < 4.78 is 13.0. The summed E-state index contributed by atoms with van der Waals surface area (Å²) in [5, 5.41) is 13.9. The Hall–Kier alpha value is -3.03. The van der Waals surface area contributed by atoms with Crippen molar-refractivity contribution >= 4 is 17.4 Å². The number of carbonyl (C=O) groups is 1. The number of nitrogens with one attached hydrogen (secondary N) is 1. The topological polar surface area (TPSA) is 88.4 Å². The highest BCUT2D eigenvalue weighted by Crippen LogP contribution is 2.22. The van der Waals surface area contributed by atoms with E-state index in [1.165, 1.54) is 18.3 Å².